The fourth-order valence-corrected chi connectivity index (χ4v) is 2.10. The number of nitrogens with one attached hydrogen (secondary N) is 3. The first-order chi connectivity index (χ1) is 12.5. The van der Waals surface area contributed by atoms with Gasteiger partial charge in [-0.05, 0) is 12.3 Å². The number of thiol groups is 1. The van der Waals surface area contributed by atoms with Crippen molar-refractivity contribution < 1.29 is 29.1 Å². The molecule has 0 rings (SSSR count). The number of hydrogen-bond donors (Lipinski definition) is 7. The van der Waals surface area contributed by atoms with Crippen molar-refractivity contribution >= 4 is 42.2 Å². The minimum absolute atomic E-state index is 0.0274. The highest BCUT2D eigenvalue weighted by Gasteiger charge is 2.25. The number of aliphatic carboxylic acids is 1. The standard InChI is InChI=1S/C15H27N5O6S/c1-7(2)12(17)14(24)20-9(6-27)13(23)18-5-11(22)19-8(15(25)26)3-4-10(16)21/h7-9,12,27H,3-6,17H2,1-2H3,(H2,16,21)(H,18,23)(H,19,22)(H,20,24)(H,25,26). The Kier molecular flexibility index (Phi) is 11.1. The Hall–Kier alpha value is -2.34. The summed E-state index contributed by atoms with van der Waals surface area (Å²) in [5.74, 6) is -4.17. The molecule has 0 bridgehead atoms. The summed E-state index contributed by atoms with van der Waals surface area (Å²) in [6, 6.07) is -3.13. The summed E-state index contributed by atoms with van der Waals surface area (Å²) in [5, 5.41) is 15.9. The molecular weight excluding hydrogens is 378 g/mol. The summed E-state index contributed by atoms with van der Waals surface area (Å²) < 4.78 is 0. The summed E-state index contributed by atoms with van der Waals surface area (Å²) in [4.78, 5) is 57.6. The minimum atomic E-state index is -1.33. The highest BCUT2D eigenvalue weighted by molar-refractivity contribution is 7.80. The lowest BCUT2D eigenvalue weighted by Crippen LogP contribution is -2.55. The number of hydrogen-bond acceptors (Lipinski definition) is 7. The third-order valence-corrected chi connectivity index (χ3v) is 3.94. The van der Waals surface area contributed by atoms with E-state index in [0.717, 1.165) is 0 Å². The zero-order valence-corrected chi connectivity index (χ0v) is 16.1. The second-order valence-electron chi connectivity index (χ2n) is 6.19. The van der Waals surface area contributed by atoms with Crippen molar-refractivity contribution in [3.63, 3.8) is 0 Å². The van der Waals surface area contributed by atoms with Crippen LogP contribution in [0.4, 0.5) is 0 Å². The number of nitrogens with two attached hydrogens (primary N) is 2. The summed E-state index contributed by atoms with van der Waals surface area (Å²) in [6.45, 7) is 2.98. The van der Waals surface area contributed by atoms with E-state index < -0.39 is 54.3 Å². The lowest BCUT2D eigenvalue weighted by atomic mass is 10.0. The lowest BCUT2D eigenvalue weighted by Gasteiger charge is -2.21. The Morgan fingerprint density at radius 1 is 1.04 bits per heavy atom. The van der Waals surface area contributed by atoms with Gasteiger partial charge >= 0.3 is 5.97 Å². The van der Waals surface area contributed by atoms with Gasteiger partial charge in [-0.25, -0.2) is 4.79 Å². The van der Waals surface area contributed by atoms with Crippen LogP contribution in [0.25, 0.3) is 0 Å². The predicted octanol–water partition coefficient (Wildman–Crippen LogP) is -2.66. The van der Waals surface area contributed by atoms with Gasteiger partial charge in [0, 0.05) is 12.2 Å². The molecular formula is C15H27N5O6S. The number of primary amides is 1. The number of carboxylic acid groups (broad SMARTS) is 1. The normalized spacial score (nSPS) is 14.0. The van der Waals surface area contributed by atoms with Crippen LogP contribution in [0.5, 0.6) is 0 Å². The smallest absolute Gasteiger partial charge is 0.326 e. The fraction of sp³-hybridized carbons (Fsp3) is 0.667. The molecule has 3 unspecified atom stereocenters. The topological polar surface area (TPSA) is 194 Å². The SMILES string of the molecule is CC(C)C(N)C(=O)NC(CS)C(=O)NCC(=O)NC(CCC(N)=O)C(=O)O. The predicted molar refractivity (Wildman–Crippen MR) is 99.6 cm³/mol. The maximum absolute atomic E-state index is 12.1. The second kappa shape index (κ2) is 12.1. The third-order valence-electron chi connectivity index (χ3n) is 3.57. The average Bonchev–Trinajstić information content (AvgIpc) is 2.59. The monoisotopic (exact) mass is 405 g/mol. The van der Waals surface area contributed by atoms with E-state index in [1.165, 1.54) is 0 Å². The molecule has 0 fully saturated rings. The molecule has 4 amide bonds. The van der Waals surface area contributed by atoms with Crippen molar-refractivity contribution in [3.05, 3.63) is 0 Å². The molecule has 27 heavy (non-hydrogen) atoms. The van der Waals surface area contributed by atoms with Gasteiger partial charge in [0.1, 0.15) is 12.1 Å². The fourth-order valence-electron chi connectivity index (χ4n) is 1.84. The Morgan fingerprint density at radius 3 is 2.07 bits per heavy atom. The van der Waals surface area contributed by atoms with Gasteiger partial charge in [0.25, 0.3) is 0 Å². The number of carboxylic acids is 1. The van der Waals surface area contributed by atoms with Crippen LogP contribution in [0, 0.1) is 5.92 Å². The Morgan fingerprint density at radius 2 is 1.63 bits per heavy atom. The molecule has 12 heteroatoms. The zero-order valence-electron chi connectivity index (χ0n) is 15.2. The van der Waals surface area contributed by atoms with E-state index in [2.05, 4.69) is 28.6 Å². The summed E-state index contributed by atoms with van der Waals surface area (Å²) in [6.07, 6.45) is -0.389. The molecule has 8 N–H and O–H groups in total. The molecule has 0 heterocycles. The number of rotatable bonds is 12. The van der Waals surface area contributed by atoms with E-state index in [-0.39, 0.29) is 24.5 Å². The molecule has 0 aliphatic carbocycles. The number of carbonyl (C=O) groups excluding carboxylic acids is 4. The van der Waals surface area contributed by atoms with Crippen LogP contribution in [-0.2, 0) is 24.0 Å². The Labute approximate surface area is 162 Å². The minimum Gasteiger partial charge on any atom is -0.480 e. The van der Waals surface area contributed by atoms with Gasteiger partial charge in [-0.2, -0.15) is 12.6 Å². The van der Waals surface area contributed by atoms with Crippen molar-refractivity contribution in [1.29, 1.82) is 0 Å². The van der Waals surface area contributed by atoms with Gasteiger partial charge in [-0.15, -0.1) is 0 Å². The quantitative estimate of drug-likeness (QED) is 0.172. The van der Waals surface area contributed by atoms with Crippen molar-refractivity contribution in [3.8, 4) is 0 Å². The molecule has 3 atom stereocenters. The molecule has 0 aromatic heterocycles. The van der Waals surface area contributed by atoms with E-state index in [1.54, 1.807) is 13.8 Å². The highest BCUT2D eigenvalue weighted by atomic mass is 32.1. The molecule has 0 radical (unpaired) electrons. The zero-order chi connectivity index (χ0) is 21.1. The third kappa shape index (κ3) is 9.80. The van der Waals surface area contributed by atoms with Gasteiger partial charge in [0.2, 0.25) is 23.6 Å². The van der Waals surface area contributed by atoms with Gasteiger partial charge in [-0.1, -0.05) is 13.8 Å². The van der Waals surface area contributed by atoms with E-state index in [0.29, 0.717) is 0 Å². The first-order valence-corrected chi connectivity index (χ1v) is 8.87. The molecule has 0 aliphatic rings. The molecule has 0 saturated carbocycles. The van der Waals surface area contributed by atoms with Gasteiger partial charge in [-0.3, -0.25) is 19.2 Å². The average molecular weight is 405 g/mol. The summed E-state index contributed by atoms with van der Waals surface area (Å²) in [5.41, 5.74) is 10.6. The van der Waals surface area contributed by atoms with Crippen molar-refractivity contribution in [2.45, 2.75) is 44.8 Å². The van der Waals surface area contributed by atoms with Crippen molar-refractivity contribution in [2.24, 2.45) is 17.4 Å². The Bertz CT molecular complexity index is 571. The van der Waals surface area contributed by atoms with Crippen LogP contribution in [0.3, 0.4) is 0 Å². The van der Waals surface area contributed by atoms with E-state index in [1.807, 2.05) is 0 Å². The van der Waals surface area contributed by atoms with Crippen LogP contribution in [0.2, 0.25) is 0 Å². The molecule has 0 spiro atoms. The van der Waals surface area contributed by atoms with Crippen LogP contribution < -0.4 is 27.4 Å². The second-order valence-corrected chi connectivity index (χ2v) is 6.56. The van der Waals surface area contributed by atoms with Gasteiger partial charge in [0.15, 0.2) is 0 Å². The van der Waals surface area contributed by atoms with Crippen LogP contribution in [0.1, 0.15) is 26.7 Å². The molecule has 154 valence electrons. The summed E-state index contributed by atoms with van der Waals surface area (Å²) >= 11 is 3.99. The van der Waals surface area contributed by atoms with E-state index >= 15 is 0 Å². The summed E-state index contributed by atoms with van der Waals surface area (Å²) in [7, 11) is 0. The molecule has 0 aromatic carbocycles. The number of amides is 4. The van der Waals surface area contributed by atoms with E-state index in [9.17, 15) is 24.0 Å². The van der Waals surface area contributed by atoms with Crippen LogP contribution in [-0.4, -0.2) is 65.1 Å². The molecule has 0 aliphatic heterocycles. The van der Waals surface area contributed by atoms with Crippen LogP contribution in [0.15, 0.2) is 0 Å². The van der Waals surface area contributed by atoms with Gasteiger partial charge in [0.05, 0.1) is 12.6 Å². The maximum atomic E-state index is 12.1. The lowest BCUT2D eigenvalue weighted by molar-refractivity contribution is -0.142. The van der Waals surface area contributed by atoms with Gasteiger partial charge < -0.3 is 32.5 Å². The van der Waals surface area contributed by atoms with Crippen molar-refractivity contribution in [1.82, 2.24) is 16.0 Å². The molecule has 0 saturated heterocycles. The maximum Gasteiger partial charge on any atom is 0.326 e. The Balaban J connectivity index is 4.58. The molecule has 11 nitrogen and oxygen atoms in total. The number of carbonyl (C=O) groups is 5. The highest BCUT2D eigenvalue weighted by Crippen LogP contribution is 2.00. The largest absolute Gasteiger partial charge is 0.480 e. The van der Waals surface area contributed by atoms with Crippen molar-refractivity contribution in [2.75, 3.05) is 12.3 Å². The first kappa shape index (κ1) is 24.7. The van der Waals surface area contributed by atoms with Crippen LogP contribution >= 0.6 is 12.6 Å². The van der Waals surface area contributed by atoms with E-state index in [4.69, 9.17) is 16.6 Å². The molecule has 0 aromatic rings. The first-order valence-electron chi connectivity index (χ1n) is 8.24.